The third kappa shape index (κ3) is 54.7. The molecule has 0 saturated heterocycles. The first kappa shape index (κ1) is 80.1. The molecule has 0 aliphatic rings. The number of hydrogen-bond acceptors (Lipinski definition) is 15. The Kier molecular flexibility index (Phi) is 52.0. The van der Waals surface area contributed by atoms with Crippen molar-refractivity contribution in [1.82, 2.24) is 0 Å². The summed E-state index contributed by atoms with van der Waals surface area (Å²) in [7, 11) is -9.89. The van der Waals surface area contributed by atoms with Gasteiger partial charge in [-0.15, -0.1) is 0 Å². The topological polar surface area (TPSA) is 237 Å². The van der Waals surface area contributed by atoms with Crippen molar-refractivity contribution in [3.05, 3.63) is 0 Å². The van der Waals surface area contributed by atoms with Crippen LogP contribution in [0.3, 0.4) is 0 Å². The molecule has 17 nitrogen and oxygen atoms in total. The number of aliphatic hydroxyl groups excluding tert-OH is 1. The zero-order chi connectivity index (χ0) is 61.1. The lowest BCUT2D eigenvalue weighted by Gasteiger charge is -2.21. The van der Waals surface area contributed by atoms with Crippen LogP contribution in [0.4, 0.5) is 0 Å². The molecule has 3 N–H and O–H groups in total. The monoisotopic (exact) mass is 1210 g/mol. The van der Waals surface area contributed by atoms with Gasteiger partial charge in [0.2, 0.25) is 0 Å². The molecule has 0 aromatic carbocycles. The molecular formula is C63H122O17P2. The van der Waals surface area contributed by atoms with Crippen LogP contribution in [-0.4, -0.2) is 96.7 Å². The molecule has 486 valence electrons. The van der Waals surface area contributed by atoms with Gasteiger partial charge in [-0.1, -0.05) is 248 Å². The summed E-state index contributed by atoms with van der Waals surface area (Å²) in [5.41, 5.74) is 0. The van der Waals surface area contributed by atoms with Gasteiger partial charge in [0.15, 0.2) is 12.2 Å². The molecule has 0 aliphatic carbocycles. The van der Waals surface area contributed by atoms with Crippen molar-refractivity contribution >= 4 is 39.5 Å². The van der Waals surface area contributed by atoms with E-state index in [4.69, 9.17) is 37.0 Å². The average molecular weight is 1210 g/mol. The van der Waals surface area contributed by atoms with E-state index in [9.17, 15) is 43.2 Å². The van der Waals surface area contributed by atoms with Gasteiger partial charge < -0.3 is 33.8 Å². The molecule has 0 saturated carbocycles. The van der Waals surface area contributed by atoms with E-state index in [-0.39, 0.29) is 25.7 Å². The van der Waals surface area contributed by atoms with Crippen molar-refractivity contribution in [1.29, 1.82) is 0 Å². The van der Waals surface area contributed by atoms with Gasteiger partial charge in [0.05, 0.1) is 26.4 Å². The number of unbranched alkanes of at least 4 members (excludes halogenated alkanes) is 24. The van der Waals surface area contributed by atoms with E-state index in [0.29, 0.717) is 31.6 Å². The first-order valence-electron chi connectivity index (χ1n) is 32.8. The minimum Gasteiger partial charge on any atom is -0.462 e. The van der Waals surface area contributed by atoms with E-state index in [1.165, 1.54) is 89.9 Å². The summed E-state index contributed by atoms with van der Waals surface area (Å²) in [6, 6.07) is 0. The van der Waals surface area contributed by atoms with Gasteiger partial charge in [-0.25, -0.2) is 9.13 Å². The van der Waals surface area contributed by atoms with Gasteiger partial charge in [0.25, 0.3) is 0 Å². The Morgan fingerprint density at radius 2 is 0.585 bits per heavy atom. The highest BCUT2D eigenvalue weighted by atomic mass is 31.2. The predicted molar refractivity (Wildman–Crippen MR) is 326 cm³/mol. The van der Waals surface area contributed by atoms with E-state index in [2.05, 4.69) is 55.4 Å². The maximum atomic E-state index is 13.0. The number of carbonyl (C=O) groups excluding carboxylic acids is 4. The maximum Gasteiger partial charge on any atom is 0.472 e. The van der Waals surface area contributed by atoms with Crippen molar-refractivity contribution < 1.29 is 80.2 Å². The third-order valence-corrected chi connectivity index (χ3v) is 16.9. The Morgan fingerprint density at radius 1 is 0.341 bits per heavy atom. The van der Waals surface area contributed by atoms with Crippen LogP contribution >= 0.6 is 15.6 Å². The Morgan fingerprint density at radius 3 is 0.866 bits per heavy atom. The Bertz CT molecular complexity index is 1650. The van der Waals surface area contributed by atoms with Crippen LogP contribution in [0.2, 0.25) is 0 Å². The number of esters is 4. The highest BCUT2D eigenvalue weighted by Gasteiger charge is 2.30. The van der Waals surface area contributed by atoms with Crippen LogP contribution in [0.25, 0.3) is 0 Å². The van der Waals surface area contributed by atoms with Gasteiger partial charge >= 0.3 is 39.5 Å². The lowest BCUT2D eigenvalue weighted by molar-refractivity contribution is -0.161. The van der Waals surface area contributed by atoms with Crippen molar-refractivity contribution in [3.8, 4) is 0 Å². The largest absolute Gasteiger partial charge is 0.472 e. The molecular weight excluding hydrogens is 1090 g/mol. The van der Waals surface area contributed by atoms with Gasteiger partial charge in [-0.2, -0.15) is 0 Å². The number of carbonyl (C=O) groups is 4. The molecule has 82 heavy (non-hydrogen) atoms. The second-order valence-electron chi connectivity index (χ2n) is 24.2. The molecule has 0 heterocycles. The smallest absolute Gasteiger partial charge is 0.462 e. The predicted octanol–water partition coefficient (Wildman–Crippen LogP) is 17.0. The lowest BCUT2D eigenvalue weighted by atomic mass is 9.99. The van der Waals surface area contributed by atoms with E-state index in [1.807, 2.05) is 0 Å². The molecule has 0 radical (unpaired) electrons. The fraction of sp³-hybridized carbons (Fsp3) is 0.937. The molecule has 0 spiro atoms. The van der Waals surface area contributed by atoms with Crippen LogP contribution in [0, 0.1) is 23.7 Å². The summed E-state index contributed by atoms with van der Waals surface area (Å²) < 4.78 is 67.9. The van der Waals surface area contributed by atoms with Crippen LogP contribution in [0.5, 0.6) is 0 Å². The van der Waals surface area contributed by atoms with Gasteiger partial charge in [-0.3, -0.25) is 37.3 Å². The van der Waals surface area contributed by atoms with Crippen molar-refractivity contribution in [2.75, 3.05) is 39.6 Å². The lowest BCUT2D eigenvalue weighted by Crippen LogP contribution is -2.30. The minimum absolute atomic E-state index is 0.103. The normalized spacial score (nSPS) is 15.1. The van der Waals surface area contributed by atoms with Crippen LogP contribution in [0.15, 0.2) is 0 Å². The average Bonchev–Trinajstić information content (AvgIpc) is 3.45. The zero-order valence-electron chi connectivity index (χ0n) is 53.1. The second-order valence-corrected chi connectivity index (χ2v) is 27.1. The summed E-state index contributed by atoms with van der Waals surface area (Å²) in [6.45, 7) is 13.9. The van der Waals surface area contributed by atoms with Crippen LogP contribution in [0.1, 0.15) is 299 Å². The maximum absolute atomic E-state index is 13.0. The molecule has 0 bridgehead atoms. The van der Waals surface area contributed by atoms with E-state index < -0.39 is 97.5 Å². The fourth-order valence-electron chi connectivity index (χ4n) is 9.19. The molecule has 0 amide bonds. The van der Waals surface area contributed by atoms with Crippen LogP contribution in [-0.2, 0) is 65.4 Å². The molecule has 0 aliphatic heterocycles. The molecule has 0 aromatic heterocycles. The standard InChI is InChI=1S/C63H122O17P2/c1-9-55(7)41-33-25-16-12-14-18-30-38-46-63(68)80-59(50-74-61(66)44-36-28-22-20-26-34-42-56(8)10-2)52-78-82(71,72)76-48-57(64)47-75-81(69,70)77-51-58(49-73-60(65)43-35-27-21-19-24-32-40-54(5)6)79-62(67)45-37-29-17-13-11-15-23-31-39-53(3)4/h53-59,64H,9-52H2,1-8H3,(H,69,70)(H,71,72)/t55?,56?,57-,58-,59-/m1/s1. The van der Waals surface area contributed by atoms with E-state index in [0.717, 1.165) is 120 Å². The first-order chi connectivity index (χ1) is 39.2. The molecule has 19 heteroatoms. The Balaban J connectivity index is 5.27. The van der Waals surface area contributed by atoms with Gasteiger partial charge in [-0.05, 0) is 49.4 Å². The highest BCUT2D eigenvalue weighted by molar-refractivity contribution is 7.47. The van der Waals surface area contributed by atoms with Crippen LogP contribution < -0.4 is 0 Å². The number of hydrogen-bond donors (Lipinski definition) is 3. The van der Waals surface area contributed by atoms with E-state index in [1.54, 1.807) is 0 Å². The number of aliphatic hydroxyl groups is 1. The number of ether oxygens (including phenoxy) is 4. The SMILES string of the molecule is CCC(C)CCCCCCCCCCC(=O)O[C@H](COC(=O)CCCCCCCCC(C)CC)COP(=O)(O)OC[C@H](O)COP(=O)(O)OC[C@@H](COC(=O)CCCCCCCCC(C)C)OC(=O)CCCCCCCCCCC(C)C. The number of phosphoric ester groups is 2. The van der Waals surface area contributed by atoms with Crippen molar-refractivity contribution in [2.24, 2.45) is 23.7 Å². The number of rotatable bonds is 60. The molecule has 4 unspecified atom stereocenters. The highest BCUT2D eigenvalue weighted by Crippen LogP contribution is 2.45. The number of phosphoric acid groups is 2. The first-order valence-corrected chi connectivity index (χ1v) is 35.8. The van der Waals surface area contributed by atoms with E-state index >= 15 is 0 Å². The third-order valence-electron chi connectivity index (χ3n) is 15.0. The molecule has 7 atom stereocenters. The fourth-order valence-corrected chi connectivity index (χ4v) is 10.8. The van der Waals surface area contributed by atoms with Crippen molar-refractivity contribution in [3.63, 3.8) is 0 Å². The molecule has 0 aromatic rings. The quantitative estimate of drug-likeness (QED) is 0.0222. The van der Waals surface area contributed by atoms with Crippen molar-refractivity contribution in [2.45, 2.75) is 318 Å². The zero-order valence-corrected chi connectivity index (χ0v) is 54.9. The minimum atomic E-state index is -4.94. The van der Waals surface area contributed by atoms with Gasteiger partial charge in [0, 0.05) is 25.7 Å². The van der Waals surface area contributed by atoms with Gasteiger partial charge in [0.1, 0.15) is 19.3 Å². The summed E-state index contributed by atoms with van der Waals surface area (Å²) in [4.78, 5) is 72.1. The molecule has 0 fully saturated rings. The molecule has 0 rings (SSSR count). The Labute approximate surface area is 498 Å². The Hall–Kier alpha value is -1.94. The summed E-state index contributed by atoms with van der Waals surface area (Å²) in [5, 5.41) is 10.5. The second kappa shape index (κ2) is 53.3. The summed E-state index contributed by atoms with van der Waals surface area (Å²) in [6.07, 6.45) is 32.2. The summed E-state index contributed by atoms with van der Waals surface area (Å²) in [5.74, 6) is 0.753. The summed E-state index contributed by atoms with van der Waals surface area (Å²) >= 11 is 0.